The van der Waals surface area contributed by atoms with Crippen molar-refractivity contribution in [1.29, 1.82) is 0 Å². The lowest BCUT2D eigenvalue weighted by Gasteiger charge is -2.25. The highest BCUT2D eigenvalue weighted by Crippen LogP contribution is 2.23. The molecule has 2 aromatic carbocycles. The van der Waals surface area contributed by atoms with Crippen LogP contribution in [0.4, 0.5) is 6.01 Å². The summed E-state index contributed by atoms with van der Waals surface area (Å²) < 4.78 is 38.4. The first-order valence-electron chi connectivity index (χ1n) is 11.0. The Morgan fingerprint density at radius 1 is 0.971 bits per heavy atom. The molecule has 0 aliphatic carbocycles. The molecule has 1 aromatic heterocycles. The lowest BCUT2D eigenvalue weighted by Crippen LogP contribution is -2.37. The minimum absolute atomic E-state index is 0.0624. The number of nitrogens with zero attached hydrogens (tertiary/aromatic N) is 3. The van der Waals surface area contributed by atoms with Gasteiger partial charge in [-0.15, -0.1) is 5.10 Å². The van der Waals surface area contributed by atoms with E-state index in [4.69, 9.17) is 9.15 Å². The summed E-state index contributed by atoms with van der Waals surface area (Å²) in [4.78, 5) is 12.8. The van der Waals surface area contributed by atoms with Crippen LogP contribution in [-0.2, 0) is 10.0 Å². The smallest absolute Gasteiger partial charge is 0.322 e. The number of aromatic nitrogens is 2. The summed E-state index contributed by atoms with van der Waals surface area (Å²) in [5.74, 6) is 0.829. The molecule has 1 heterocycles. The second-order valence-corrected chi connectivity index (χ2v) is 10.7. The van der Waals surface area contributed by atoms with Crippen LogP contribution in [0.15, 0.2) is 57.8 Å². The number of hydrogen-bond acceptors (Lipinski definition) is 7. The molecule has 34 heavy (non-hydrogen) atoms. The zero-order valence-electron chi connectivity index (χ0n) is 20.0. The molecule has 1 N–H and O–H groups in total. The van der Waals surface area contributed by atoms with Crippen LogP contribution in [0, 0.1) is 11.8 Å². The molecule has 0 aliphatic heterocycles. The van der Waals surface area contributed by atoms with Crippen LogP contribution in [0.25, 0.3) is 11.5 Å². The monoisotopic (exact) mass is 486 g/mol. The van der Waals surface area contributed by atoms with E-state index in [2.05, 4.69) is 15.5 Å². The fourth-order valence-electron chi connectivity index (χ4n) is 3.31. The van der Waals surface area contributed by atoms with Crippen LogP contribution in [-0.4, -0.2) is 49.0 Å². The topological polar surface area (TPSA) is 115 Å². The van der Waals surface area contributed by atoms with Crippen molar-refractivity contribution >= 4 is 21.9 Å². The SMILES string of the molecule is COc1ccc(-c2nnc(NC(=O)c3ccc(S(=O)(=O)N(CC(C)C)CC(C)C)cc3)o2)cc1. The number of amides is 1. The van der Waals surface area contributed by atoms with Crippen molar-refractivity contribution in [3.05, 3.63) is 54.1 Å². The number of nitrogens with one attached hydrogen (secondary N) is 1. The molecule has 0 unspecified atom stereocenters. The number of anilines is 1. The first-order chi connectivity index (χ1) is 16.1. The number of benzene rings is 2. The van der Waals surface area contributed by atoms with Crippen molar-refractivity contribution in [3.63, 3.8) is 0 Å². The van der Waals surface area contributed by atoms with Gasteiger partial charge in [-0.1, -0.05) is 32.8 Å². The van der Waals surface area contributed by atoms with Gasteiger partial charge < -0.3 is 9.15 Å². The fourth-order valence-corrected chi connectivity index (χ4v) is 5.07. The maximum absolute atomic E-state index is 13.1. The number of sulfonamides is 1. The number of carbonyl (C=O) groups is 1. The molecule has 0 saturated carbocycles. The first-order valence-corrected chi connectivity index (χ1v) is 12.4. The van der Waals surface area contributed by atoms with Crippen molar-refractivity contribution in [3.8, 4) is 17.2 Å². The highest BCUT2D eigenvalue weighted by atomic mass is 32.2. The maximum Gasteiger partial charge on any atom is 0.322 e. The van der Waals surface area contributed by atoms with Crippen molar-refractivity contribution < 1.29 is 22.4 Å². The normalized spacial score (nSPS) is 11.9. The predicted octanol–water partition coefficient (Wildman–Crippen LogP) is 4.30. The minimum Gasteiger partial charge on any atom is -0.497 e. The van der Waals surface area contributed by atoms with Crippen LogP contribution in [0.1, 0.15) is 38.1 Å². The third kappa shape index (κ3) is 6.21. The summed E-state index contributed by atoms with van der Waals surface area (Å²) in [5.41, 5.74) is 0.943. The van der Waals surface area contributed by atoms with E-state index in [-0.39, 0.29) is 34.2 Å². The third-order valence-corrected chi connectivity index (χ3v) is 6.72. The zero-order chi connectivity index (χ0) is 24.9. The molecule has 0 saturated heterocycles. The minimum atomic E-state index is -3.67. The molecule has 3 rings (SSSR count). The number of methoxy groups -OCH3 is 1. The average molecular weight is 487 g/mol. The van der Waals surface area contributed by atoms with E-state index in [1.54, 1.807) is 31.4 Å². The molecule has 0 spiro atoms. The van der Waals surface area contributed by atoms with Gasteiger partial charge in [-0.25, -0.2) is 8.42 Å². The quantitative estimate of drug-likeness (QED) is 0.454. The van der Waals surface area contributed by atoms with E-state index >= 15 is 0 Å². The first kappa shape index (κ1) is 25.4. The van der Waals surface area contributed by atoms with E-state index in [9.17, 15) is 13.2 Å². The van der Waals surface area contributed by atoms with Crippen LogP contribution >= 0.6 is 0 Å². The maximum atomic E-state index is 13.1. The van der Waals surface area contributed by atoms with E-state index < -0.39 is 15.9 Å². The molecule has 0 atom stereocenters. The molecule has 182 valence electrons. The van der Waals surface area contributed by atoms with E-state index in [1.165, 1.54) is 28.6 Å². The standard InChI is InChI=1S/C24H30N4O5S/c1-16(2)14-28(15-17(3)4)34(30,31)21-12-8-18(9-13-21)22(29)25-24-27-26-23(33-24)19-6-10-20(32-5)11-7-19/h6-13,16-17H,14-15H2,1-5H3,(H,25,27,29). The van der Waals surface area contributed by atoms with Crippen LogP contribution in [0.5, 0.6) is 5.75 Å². The average Bonchev–Trinajstić information content (AvgIpc) is 3.26. The van der Waals surface area contributed by atoms with Gasteiger partial charge in [-0.2, -0.15) is 4.31 Å². The Kier molecular flexibility index (Phi) is 8.06. The van der Waals surface area contributed by atoms with Crippen LogP contribution in [0.3, 0.4) is 0 Å². The summed E-state index contributed by atoms with van der Waals surface area (Å²) in [6, 6.07) is 12.8. The molecule has 0 bridgehead atoms. The van der Waals surface area contributed by atoms with Crippen molar-refractivity contribution in [1.82, 2.24) is 14.5 Å². The van der Waals surface area contributed by atoms with E-state index in [0.717, 1.165) is 0 Å². The number of ether oxygens (including phenoxy) is 1. The Morgan fingerprint density at radius 3 is 2.09 bits per heavy atom. The van der Waals surface area contributed by atoms with Gasteiger partial charge in [0.05, 0.1) is 12.0 Å². The summed E-state index contributed by atoms with van der Waals surface area (Å²) >= 11 is 0. The highest BCUT2D eigenvalue weighted by molar-refractivity contribution is 7.89. The van der Waals surface area contributed by atoms with Crippen LogP contribution < -0.4 is 10.1 Å². The Hall–Kier alpha value is -3.24. The largest absolute Gasteiger partial charge is 0.497 e. The van der Waals surface area contributed by atoms with Gasteiger partial charge in [0, 0.05) is 24.2 Å². The second kappa shape index (κ2) is 10.8. The van der Waals surface area contributed by atoms with Gasteiger partial charge in [0.15, 0.2) is 0 Å². The van der Waals surface area contributed by atoms with Crippen LogP contribution in [0.2, 0.25) is 0 Å². The van der Waals surface area contributed by atoms with Gasteiger partial charge >= 0.3 is 6.01 Å². The Balaban J connectivity index is 1.72. The Labute approximate surface area is 200 Å². The molecule has 3 aromatic rings. The van der Waals surface area contributed by atoms with E-state index in [1.807, 2.05) is 27.7 Å². The molecule has 9 nitrogen and oxygen atoms in total. The third-order valence-electron chi connectivity index (χ3n) is 4.87. The molecular weight excluding hydrogens is 456 g/mol. The molecular formula is C24H30N4O5S. The Morgan fingerprint density at radius 2 is 1.56 bits per heavy atom. The van der Waals surface area contributed by atoms with Gasteiger partial charge in [0.1, 0.15) is 5.75 Å². The predicted molar refractivity (Wildman–Crippen MR) is 129 cm³/mol. The lowest BCUT2D eigenvalue weighted by atomic mass is 10.2. The summed E-state index contributed by atoms with van der Waals surface area (Å²) in [7, 11) is -2.10. The lowest BCUT2D eigenvalue weighted by molar-refractivity contribution is 0.102. The van der Waals surface area contributed by atoms with E-state index in [0.29, 0.717) is 24.4 Å². The molecule has 0 radical (unpaired) electrons. The Bertz CT molecular complexity index is 1190. The van der Waals surface area contributed by atoms with Crippen molar-refractivity contribution in [2.24, 2.45) is 11.8 Å². The fraction of sp³-hybridized carbons (Fsp3) is 0.375. The summed E-state index contributed by atoms with van der Waals surface area (Å²) in [6.45, 7) is 8.77. The second-order valence-electron chi connectivity index (χ2n) is 8.73. The zero-order valence-corrected chi connectivity index (χ0v) is 20.8. The van der Waals surface area contributed by atoms with Gasteiger partial charge in [0.2, 0.25) is 15.9 Å². The molecule has 1 amide bonds. The van der Waals surface area contributed by atoms with Gasteiger partial charge in [-0.3, -0.25) is 10.1 Å². The molecule has 0 aliphatic rings. The van der Waals surface area contributed by atoms with Crippen molar-refractivity contribution in [2.75, 3.05) is 25.5 Å². The number of rotatable bonds is 10. The molecule has 0 fully saturated rings. The van der Waals surface area contributed by atoms with Crippen molar-refractivity contribution in [2.45, 2.75) is 32.6 Å². The van der Waals surface area contributed by atoms with Gasteiger partial charge in [-0.05, 0) is 60.4 Å². The molecule has 10 heteroatoms. The summed E-state index contributed by atoms with van der Waals surface area (Å²) in [5, 5.41) is 10.3. The number of carbonyl (C=O) groups excluding carboxylic acids is 1. The summed E-state index contributed by atoms with van der Waals surface area (Å²) in [6.07, 6.45) is 0. The highest BCUT2D eigenvalue weighted by Gasteiger charge is 2.26. The van der Waals surface area contributed by atoms with Gasteiger partial charge in [0.25, 0.3) is 5.91 Å². The number of hydrogen-bond donors (Lipinski definition) is 1.